The Bertz CT molecular complexity index is 859. The van der Waals surface area contributed by atoms with Gasteiger partial charge in [-0.15, -0.1) is 0 Å². The number of amides is 2. The van der Waals surface area contributed by atoms with Crippen LogP contribution in [-0.4, -0.2) is 27.3 Å². The molecule has 0 atom stereocenters. The lowest BCUT2D eigenvalue weighted by atomic mass is 10.2. The smallest absolute Gasteiger partial charge is 0.322 e. The highest BCUT2D eigenvalue weighted by Crippen LogP contribution is 2.27. The van der Waals surface area contributed by atoms with Gasteiger partial charge in [-0.3, -0.25) is 4.90 Å². The minimum atomic E-state index is -0.0719. The van der Waals surface area contributed by atoms with E-state index in [1.165, 1.54) is 5.56 Å². The van der Waals surface area contributed by atoms with Crippen LogP contribution in [0.3, 0.4) is 0 Å². The van der Waals surface area contributed by atoms with Crippen LogP contribution >= 0.6 is 0 Å². The molecule has 24 heavy (non-hydrogen) atoms. The Morgan fingerprint density at radius 2 is 2.08 bits per heavy atom. The topological polar surface area (TPSA) is 63.1 Å². The number of urea groups is 1. The lowest BCUT2D eigenvalue weighted by molar-refractivity contribution is 0.246. The highest BCUT2D eigenvalue weighted by atomic mass is 16.2. The number of para-hydroxylation sites is 1. The standard InChI is InChI=1S/C18H17N5O/c24-18(22-11-7-15-4-1-2-5-16(15)22)20-13-14-6-9-19-17(12-14)23-10-3-8-21-23/h1-6,8-10,12H,7,11,13H2,(H,20,24). The molecule has 3 aromatic rings. The number of rotatable bonds is 3. The summed E-state index contributed by atoms with van der Waals surface area (Å²) >= 11 is 0. The average Bonchev–Trinajstić information content (AvgIpc) is 3.29. The Morgan fingerprint density at radius 3 is 2.96 bits per heavy atom. The zero-order valence-corrected chi connectivity index (χ0v) is 13.1. The van der Waals surface area contributed by atoms with Crippen LogP contribution < -0.4 is 10.2 Å². The molecule has 6 nitrogen and oxygen atoms in total. The fourth-order valence-electron chi connectivity index (χ4n) is 2.92. The molecule has 6 heteroatoms. The summed E-state index contributed by atoms with van der Waals surface area (Å²) in [6, 6.07) is 13.6. The lowest BCUT2D eigenvalue weighted by Gasteiger charge is -2.18. The van der Waals surface area contributed by atoms with Gasteiger partial charge in [0.1, 0.15) is 0 Å². The lowest BCUT2D eigenvalue weighted by Crippen LogP contribution is -2.38. The van der Waals surface area contributed by atoms with Gasteiger partial charge < -0.3 is 5.32 Å². The third-order valence-corrected chi connectivity index (χ3v) is 4.13. The van der Waals surface area contributed by atoms with E-state index in [9.17, 15) is 4.79 Å². The number of carbonyl (C=O) groups is 1. The highest BCUT2D eigenvalue weighted by molar-refractivity contribution is 5.94. The molecular formula is C18H17N5O. The summed E-state index contributed by atoms with van der Waals surface area (Å²) in [4.78, 5) is 18.6. The third-order valence-electron chi connectivity index (χ3n) is 4.13. The van der Waals surface area contributed by atoms with Crippen molar-refractivity contribution in [2.75, 3.05) is 11.4 Å². The predicted molar refractivity (Wildman–Crippen MR) is 91.1 cm³/mol. The maximum Gasteiger partial charge on any atom is 0.322 e. The van der Waals surface area contributed by atoms with Gasteiger partial charge in [-0.2, -0.15) is 5.10 Å². The number of hydrogen-bond donors (Lipinski definition) is 1. The van der Waals surface area contributed by atoms with Crippen molar-refractivity contribution >= 4 is 11.7 Å². The normalized spacial score (nSPS) is 12.9. The number of hydrogen-bond acceptors (Lipinski definition) is 3. The van der Waals surface area contributed by atoms with Crippen molar-refractivity contribution < 1.29 is 4.79 Å². The van der Waals surface area contributed by atoms with Crippen molar-refractivity contribution in [3.63, 3.8) is 0 Å². The molecule has 120 valence electrons. The monoisotopic (exact) mass is 319 g/mol. The van der Waals surface area contributed by atoms with E-state index in [-0.39, 0.29) is 6.03 Å². The van der Waals surface area contributed by atoms with E-state index in [1.54, 1.807) is 22.0 Å². The zero-order valence-electron chi connectivity index (χ0n) is 13.1. The second kappa shape index (κ2) is 6.16. The molecular weight excluding hydrogens is 302 g/mol. The van der Waals surface area contributed by atoms with E-state index < -0.39 is 0 Å². The van der Waals surface area contributed by atoms with E-state index in [0.717, 1.165) is 30.0 Å². The largest absolute Gasteiger partial charge is 0.334 e. The fourth-order valence-corrected chi connectivity index (χ4v) is 2.92. The summed E-state index contributed by atoms with van der Waals surface area (Å²) < 4.78 is 1.70. The molecule has 2 aromatic heterocycles. The van der Waals surface area contributed by atoms with Crippen molar-refractivity contribution in [2.45, 2.75) is 13.0 Å². The highest BCUT2D eigenvalue weighted by Gasteiger charge is 2.23. The molecule has 0 fully saturated rings. The minimum absolute atomic E-state index is 0.0719. The Labute approximate surface area is 139 Å². The van der Waals surface area contributed by atoms with Gasteiger partial charge in [0.2, 0.25) is 0 Å². The van der Waals surface area contributed by atoms with Gasteiger partial charge in [0.15, 0.2) is 5.82 Å². The number of carbonyl (C=O) groups excluding carboxylic acids is 1. The minimum Gasteiger partial charge on any atom is -0.334 e. The molecule has 0 aliphatic carbocycles. The van der Waals surface area contributed by atoms with Crippen LogP contribution in [0.2, 0.25) is 0 Å². The van der Waals surface area contributed by atoms with Crippen LogP contribution in [0.15, 0.2) is 61.1 Å². The molecule has 1 aliphatic rings. The second-order valence-electron chi connectivity index (χ2n) is 5.66. The second-order valence-corrected chi connectivity index (χ2v) is 5.66. The Morgan fingerprint density at radius 1 is 1.17 bits per heavy atom. The molecule has 1 N–H and O–H groups in total. The number of nitrogens with zero attached hydrogens (tertiary/aromatic N) is 4. The van der Waals surface area contributed by atoms with Crippen molar-refractivity contribution in [3.05, 3.63) is 72.2 Å². The van der Waals surface area contributed by atoms with Crippen molar-refractivity contribution in [1.29, 1.82) is 0 Å². The van der Waals surface area contributed by atoms with Crippen LogP contribution in [0.5, 0.6) is 0 Å². The molecule has 0 spiro atoms. The number of pyridine rings is 1. The van der Waals surface area contributed by atoms with Gasteiger partial charge in [0, 0.05) is 37.4 Å². The first-order valence-corrected chi connectivity index (χ1v) is 7.89. The van der Waals surface area contributed by atoms with Crippen LogP contribution in [-0.2, 0) is 13.0 Å². The summed E-state index contributed by atoms with van der Waals surface area (Å²) in [5.41, 5.74) is 3.20. The van der Waals surface area contributed by atoms with Crippen LogP contribution in [0.4, 0.5) is 10.5 Å². The molecule has 0 radical (unpaired) electrons. The maximum atomic E-state index is 12.5. The fraction of sp³-hybridized carbons (Fsp3) is 0.167. The zero-order chi connectivity index (χ0) is 16.4. The molecule has 0 saturated carbocycles. The molecule has 3 heterocycles. The van der Waals surface area contributed by atoms with E-state index in [0.29, 0.717) is 6.54 Å². The van der Waals surface area contributed by atoms with Gasteiger partial charge in [0.05, 0.1) is 0 Å². The third kappa shape index (κ3) is 2.74. The Hall–Kier alpha value is -3.15. The van der Waals surface area contributed by atoms with Gasteiger partial charge in [-0.25, -0.2) is 14.5 Å². The summed E-state index contributed by atoms with van der Waals surface area (Å²) in [5.74, 6) is 0.735. The van der Waals surface area contributed by atoms with E-state index >= 15 is 0 Å². The first kappa shape index (κ1) is 14.4. The van der Waals surface area contributed by atoms with Crippen molar-refractivity contribution in [3.8, 4) is 5.82 Å². The summed E-state index contributed by atoms with van der Waals surface area (Å²) in [7, 11) is 0. The quantitative estimate of drug-likeness (QED) is 0.807. The Balaban J connectivity index is 1.44. The number of nitrogens with one attached hydrogen (secondary N) is 1. The van der Waals surface area contributed by atoms with Crippen molar-refractivity contribution in [1.82, 2.24) is 20.1 Å². The first-order chi connectivity index (χ1) is 11.8. The van der Waals surface area contributed by atoms with Gasteiger partial charge in [-0.1, -0.05) is 18.2 Å². The van der Waals surface area contributed by atoms with Gasteiger partial charge >= 0.3 is 6.03 Å². The number of aromatic nitrogens is 3. The van der Waals surface area contributed by atoms with E-state index in [4.69, 9.17) is 0 Å². The molecule has 0 unspecified atom stereocenters. The van der Waals surface area contributed by atoms with E-state index in [1.807, 2.05) is 42.6 Å². The molecule has 0 bridgehead atoms. The summed E-state index contributed by atoms with van der Waals surface area (Å²) in [5, 5.41) is 7.15. The van der Waals surface area contributed by atoms with Crippen LogP contribution in [0.25, 0.3) is 5.82 Å². The number of benzene rings is 1. The summed E-state index contributed by atoms with van der Waals surface area (Å²) in [6.07, 6.45) is 6.18. The van der Waals surface area contributed by atoms with E-state index in [2.05, 4.69) is 21.5 Å². The van der Waals surface area contributed by atoms with Gasteiger partial charge in [0.25, 0.3) is 0 Å². The van der Waals surface area contributed by atoms with Crippen LogP contribution in [0, 0.1) is 0 Å². The molecule has 0 saturated heterocycles. The SMILES string of the molecule is O=C(NCc1ccnc(-n2cccn2)c1)N1CCc2ccccc21. The molecule has 1 aromatic carbocycles. The maximum absolute atomic E-state index is 12.5. The average molecular weight is 319 g/mol. The predicted octanol–water partition coefficient (Wildman–Crippen LogP) is 2.54. The Kier molecular flexibility index (Phi) is 3.70. The molecule has 4 rings (SSSR count). The van der Waals surface area contributed by atoms with Crippen LogP contribution in [0.1, 0.15) is 11.1 Å². The molecule has 2 amide bonds. The molecule has 1 aliphatic heterocycles. The first-order valence-electron chi connectivity index (χ1n) is 7.89. The van der Waals surface area contributed by atoms with Gasteiger partial charge in [-0.05, 0) is 41.8 Å². The van der Waals surface area contributed by atoms with Crippen molar-refractivity contribution in [2.24, 2.45) is 0 Å². The summed E-state index contributed by atoms with van der Waals surface area (Å²) in [6.45, 7) is 1.17. The number of fused-ring (bicyclic) bond motifs is 1. The number of anilines is 1.